The van der Waals surface area contributed by atoms with E-state index in [2.05, 4.69) is 11.1 Å². The highest BCUT2D eigenvalue weighted by atomic mass is 16.4. The minimum atomic E-state index is -0.941. The zero-order chi connectivity index (χ0) is 15.5. The molecule has 0 saturated heterocycles. The van der Waals surface area contributed by atoms with E-state index in [1.165, 1.54) is 5.56 Å². The molecule has 3 heteroatoms. The molecule has 0 radical (unpaired) electrons. The molecule has 3 aromatic rings. The number of carbonyl (C=O) groups is 1. The molecule has 0 saturated carbocycles. The standard InChI is InChI=1S/C19H15NO2/c1-13-5-4-6-14(11-13)9-10-15-12-17(19(21)22)16-7-2-3-8-18(16)20-15/h2-12H,1H3,(H,21,22)/b10-9+. The third-order valence-electron chi connectivity index (χ3n) is 3.46. The second-order valence-corrected chi connectivity index (χ2v) is 5.16. The number of pyridine rings is 1. The molecule has 22 heavy (non-hydrogen) atoms. The highest BCUT2D eigenvalue weighted by Crippen LogP contribution is 2.19. The fourth-order valence-electron chi connectivity index (χ4n) is 2.41. The lowest BCUT2D eigenvalue weighted by Gasteiger charge is -2.04. The van der Waals surface area contributed by atoms with Gasteiger partial charge in [0, 0.05) is 5.39 Å². The number of hydrogen-bond acceptors (Lipinski definition) is 2. The Hall–Kier alpha value is -2.94. The molecule has 2 aromatic carbocycles. The van der Waals surface area contributed by atoms with Crippen LogP contribution in [-0.2, 0) is 0 Å². The third kappa shape index (κ3) is 2.88. The van der Waals surface area contributed by atoms with Crippen molar-refractivity contribution >= 4 is 29.0 Å². The minimum absolute atomic E-state index is 0.273. The first-order chi connectivity index (χ1) is 10.6. The van der Waals surface area contributed by atoms with Gasteiger partial charge in [0.1, 0.15) is 0 Å². The van der Waals surface area contributed by atoms with Crippen LogP contribution in [0.25, 0.3) is 23.1 Å². The van der Waals surface area contributed by atoms with Gasteiger partial charge in [-0.05, 0) is 30.7 Å². The van der Waals surface area contributed by atoms with Crippen LogP contribution in [-0.4, -0.2) is 16.1 Å². The summed E-state index contributed by atoms with van der Waals surface area (Å²) in [6, 6.07) is 17.0. The van der Waals surface area contributed by atoms with Gasteiger partial charge in [0.15, 0.2) is 0 Å². The van der Waals surface area contributed by atoms with Gasteiger partial charge in [-0.15, -0.1) is 0 Å². The highest BCUT2D eigenvalue weighted by Gasteiger charge is 2.10. The summed E-state index contributed by atoms with van der Waals surface area (Å²) < 4.78 is 0. The van der Waals surface area contributed by atoms with Crippen molar-refractivity contribution in [1.82, 2.24) is 4.98 Å². The molecule has 3 nitrogen and oxygen atoms in total. The maximum atomic E-state index is 11.4. The maximum absolute atomic E-state index is 11.4. The first kappa shape index (κ1) is 14.0. The smallest absolute Gasteiger partial charge is 0.336 e. The quantitative estimate of drug-likeness (QED) is 0.777. The summed E-state index contributed by atoms with van der Waals surface area (Å²) in [6.45, 7) is 2.04. The van der Waals surface area contributed by atoms with Crippen LogP contribution in [0.4, 0.5) is 0 Å². The number of rotatable bonds is 3. The van der Waals surface area contributed by atoms with E-state index in [-0.39, 0.29) is 5.56 Å². The van der Waals surface area contributed by atoms with E-state index in [0.29, 0.717) is 16.6 Å². The highest BCUT2D eigenvalue weighted by molar-refractivity contribution is 6.03. The first-order valence-electron chi connectivity index (χ1n) is 7.01. The SMILES string of the molecule is Cc1cccc(/C=C/c2cc(C(=O)O)c3ccccc3n2)c1. The maximum Gasteiger partial charge on any atom is 0.336 e. The number of aromatic carboxylic acids is 1. The van der Waals surface area contributed by atoms with Crippen LogP contribution in [0, 0.1) is 6.92 Å². The van der Waals surface area contributed by atoms with Gasteiger partial charge < -0.3 is 5.11 Å². The predicted octanol–water partition coefficient (Wildman–Crippen LogP) is 4.41. The zero-order valence-electron chi connectivity index (χ0n) is 12.2. The summed E-state index contributed by atoms with van der Waals surface area (Å²) in [4.78, 5) is 15.9. The van der Waals surface area contributed by atoms with E-state index >= 15 is 0 Å². The van der Waals surface area contributed by atoms with E-state index in [1.54, 1.807) is 12.1 Å². The molecule has 1 N–H and O–H groups in total. The van der Waals surface area contributed by atoms with Crippen molar-refractivity contribution in [2.45, 2.75) is 6.92 Å². The lowest BCUT2D eigenvalue weighted by atomic mass is 10.1. The number of fused-ring (bicyclic) bond motifs is 1. The second-order valence-electron chi connectivity index (χ2n) is 5.16. The number of aryl methyl sites for hydroxylation is 1. The van der Waals surface area contributed by atoms with Gasteiger partial charge in [0.05, 0.1) is 16.8 Å². The third-order valence-corrected chi connectivity index (χ3v) is 3.46. The largest absolute Gasteiger partial charge is 0.478 e. The zero-order valence-corrected chi connectivity index (χ0v) is 12.2. The molecular formula is C19H15NO2. The summed E-state index contributed by atoms with van der Waals surface area (Å²) in [6.07, 6.45) is 3.78. The van der Waals surface area contributed by atoms with Crippen LogP contribution in [0.1, 0.15) is 27.2 Å². The van der Waals surface area contributed by atoms with Gasteiger partial charge in [0.2, 0.25) is 0 Å². The van der Waals surface area contributed by atoms with Crippen LogP contribution in [0.3, 0.4) is 0 Å². The lowest BCUT2D eigenvalue weighted by molar-refractivity contribution is 0.0699. The topological polar surface area (TPSA) is 50.2 Å². The molecule has 108 valence electrons. The van der Waals surface area contributed by atoms with Crippen LogP contribution in [0.2, 0.25) is 0 Å². The molecule has 0 atom stereocenters. The Kier molecular flexibility index (Phi) is 3.71. The van der Waals surface area contributed by atoms with Gasteiger partial charge in [-0.25, -0.2) is 9.78 Å². The Morgan fingerprint density at radius 3 is 2.64 bits per heavy atom. The average Bonchev–Trinajstić information content (AvgIpc) is 2.52. The summed E-state index contributed by atoms with van der Waals surface area (Å²) in [5, 5.41) is 10.0. The fraction of sp³-hybridized carbons (Fsp3) is 0.0526. The molecule has 0 bridgehead atoms. The Labute approximate surface area is 128 Å². The number of para-hydroxylation sites is 1. The predicted molar refractivity (Wildman–Crippen MR) is 88.8 cm³/mol. The Morgan fingerprint density at radius 2 is 1.86 bits per heavy atom. The van der Waals surface area contributed by atoms with Gasteiger partial charge in [-0.2, -0.15) is 0 Å². The molecule has 1 aromatic heterocycles. The van der Waals surface area contributed by atoms with Crippen LogP contribution < -0.4 is 0 Å². The summed E-state index contributed by atoms with van der Waals surface area (Å²) in [5.41, 5.74) is 3.84. The number of carboxylic acids is 1. The fourth-order valence-corrected chi connectivity index (χ4v) is 2.41. The van der Waals surface area contributed by atoms with E-state index in [1.807, 2.05) is 55.5 Å². The van der Waals surface area contributed by atoms with Crippen molar-refractivity contribution in [3.05, 3.63) is 77.0 Å². The van der Waals surface area contributed by atoms with Gasteiger partial charge in [-0.1, -0.05) is 54.1 Å². The van der Waals surface area contributed by atoms with Crippen molar-refractivity contribution in [2.75, 3.05) is 0 Å². The number of benzene rings is 2. The van der Waals surface area contributed by atoms with E-state index in [4.69, 9.17) is 0 Å². The molecule has 3 rings (SSSR count). The van der Waals surface area contributed by atoms with Crippen molar-refractivity contribution in [3.8, 4) is 0 Å². The molecule has 1 heterocycles. The number of aromatic nitrogens is 1. The molecule has 0 aliphatic heterocycles. The van der Waals surface area contributed by atoms with Crippen molar-refractivity contribution in [3.63, 3.8) is 0 Å². The average molecular weight is 289 g/mol. The Bertz CT molecular complexity index is 881. The van der Waals surface area contributed by atoms with Crippen molar-refractivity contribution in [2.24, 2.45) is 0 Å². The summed E-state index contributed by atoms with van der Waals surface area (Å²) >= 11 is 0. The summed E-state index contributed by atoms with van der Waals surface area (Å²) in [7, 11) is 0. The second kappa shape index (κ2) is 5.82. The van der Waals surface area contributed by atoms with E-state index in [0.717, 1.165) is 5.56 Å². The number of carboxylic acid groups (broad SMARTS) is 1. The minimum Gasteiger partial charge on any atom is -0.478 e. The monoisotopic (exact) mass is 289 g/mol. The molecular weight excluding hydrogens is 274 g/mol. The molecule has 0 aliphatic carbocycles. The van der Waals surface area contributed by atoms with Crippen LogP contribution in [0.15, 0.2) is 54.6 Å². The van der Waals surface area contributed by atoms with E-state index < -0.39 is 5.97 Å². The van der Waals surface area contributed by atoms with Crippen molar-refractivity contribution in [1.29, 1.82) is 0 Å². The van der Waals surface area contributed by atoms with Gasteiger partial charge in [-0.3, -0.25) is 0 Å². The number of hydrogen-bond donors (Lipinski definition) is 1. The lowest BCUT2D eigenvalue weighted by Crippen LogP contribution is -2.00. The van der Waals surface area contributed by atoms with E-state index in [9.17, 15) is 9.90 Å². The molecule has 0 aliphatic rings. The molecule has 0 amide bonds. The number of nitrogens with zero attached hydrogens (tertiary/aromatic N) is 1. The van der Waals surface area contributed by atoms with Gasteiger partial charge >= 0.3 is 5.97 Å². The Balaban J connectivity index is 2.06. The molecule has 0 unspecified atom stereocenters. The normalized spacial score (nSPS) is 11.1. The van der Waals surface area contributed by atoms with Crippen molar-refractivity contribution < 1.29 is 9.90 Å². The first-order valence-corrected chi connectivity index (χ1v) is 7.01. The van der Waals surface area contributed by atoms with Crippen LogP contribution >= 0.6 is 0 Å². The van der Waals surface area contributed by atoms with Gasteiger partial charge in [0.25, 0.3) is 0 Å². The summed E-state index contributed by atoms with van der Waals surface area (Å²) in [5.74, 6) is -0.941. The Morgan fingerprint density at radius 1 is 1.05 bits per heavy atom. The molecule has 0 fully saturated rings. The van der Waals surface area contributed by atoms with Crippen LogP contribution in [0.5, 0.6) is 0 Å². The molecule has 0 spiro atoms.